The second-order valence-electron chi connectivity index (χ2n) is 5.06. The number of nitrogens with two attached hydrogens (primary N) is 1. The van der Waals surface area contributed by atoms with E-state index in [9.17, 15) is 4.39 Å². The van der Waals surface area contributed by atoms with E-state index in [2.05, 4.69) is 6.92 Å². The topological polar surface area (TPSA) is 35.2 Å². The van der Waals surface area contributed by atoms with Crippen LogP contribution in [0.25, 0.3) is 0 Å². The number of rotatable bonds is 9. The first-order valence-corrected chi connectivity index (χ1v) is 7.28. The molecule has 2 N–H and O–H groups in total. The Bertz CT molecular complexity index is 368. The lowest BCUT2D eigenvalue weighted by molar-refractivity contribution is 0.385. The molecule has 19 heavy (non-hydrogen) atoms. The van der Waals surface area contributed by atoms with E-state index in [0.717, 1.165) is 18.4 Å². The maximum Gasteiger partial charge on any atom is 0.165 e. The Morgan fingerprint density at radius 3 is 2.47 bits per heavy atom. The minimum Gasteiger partial charge on any atom is -0.494 e. The third kappa shape index (κ3) is 5.60. The molecule has 0 aliphatic heterocycles. The average molecular weight is 267 g/mol. The number of ether oxygens (including phenoxy) is 1. The lowest BCUT2D eigenvalue weighted by Gasteiger charge is -2.13. The Balaban J connectivity index is 2.33. The van der Waals surface area contributed by atoms with Crippen LogP contribution in [-0.2, 0) is 0 Å². The summed E-state index contributed by atoms with van der Waals surface area (Å²) in [5.74, 6) is -0.0612. The molecule has 1 aromatic rings. The molecule has 0 aliphatic carbocycles. The van der Waals surface area contributed by atoms with Crippen molar-refractivity contribution >= 4 is 0 Å². The molecule has 0 aromatic heterocycles. The highest BCUT2D eigenvalue weighted by Crippen LogP contribution is 2.23. The minimum absolute atomic E-state index is 0.0772. The van der Waals surface area contributed by atoms with Crippen molar-refractivity contribution in [3.05, 3.63) is 29.6 Å². The van der Waals surface area contributed by atoms with Crippen LogP contribution in [0, 0.1) is 5.82 Å². The molecular formula is C16H26FNO. The molecule has 0 saturated carbocycles. The molecule has 1 atom stereocenters. The molecular weight excluding hydrogens is 241 g/mol. The van der Waals surface area contributed by atoms with E-state index in [4.69, 9.17) is 10.5 Å². The molecule has 1 aromatic carbocycles. The fourth-order valence-corrected chi connectivity index (χ4v) is 2.22. The van der Waals surface area contributed by atoms with Crippen LogP contribution in [0.3, 0.4) is 0 Å². The van der Waals surface area contributed by atoms with Crippen molar-refractivity contribution in [3.63, 3.8) is 0 Å². The monoisotopic (exact) mass is 267 g/mol. The lowest BCUT2D eigenvalue weighted by atomic mass is 10.00. The number of unbranched alkanes of at least 4 members (excludes halogenated alkanes) is 5. The normalized spacial score (nSPS) is 12.4. The second kappa shape index (κ2) is 8.92. The van der Waals surface area contributed by atoms with Crippen molar-refractivity contribution < 1.29 is 9.13 Å². The Morgan fingerprint density at radius 1 is 1.16 bits per heavy atom. The zero-order chi connectivity index (χ0) is 14.1. The number of hydrogen-bond donors (Lipinski definition) is 1. The number of halogens is 1. The summed E-state index contributed by atoms with van der Waals surface area (Å²) in [6.07, 6.45) is 8.41. The van der Waals surface area contributed by atoms with Gasteiger partial charge in [-0.05, 0) is 24.1 Å². The lowest BCUT2D eigenvalue weighted by Crippen LogP contribution is -2.10. The molecule has 2 nitrogen and oxygen atoms in total. The van der Waals surface area contributed by atoms with Crippen LogP contribution < -0.4 is 10.5 Å². The molecule has 0 fully saturated rings. The molecule has 0 heterocycles. The Morgan fingerprint density at radius 2 is 1.84 bits per heavy atom. The summed E-state index contributed by atoms with van der Waals surface area (Å²) in [5.41, 5.74) is 6.94. The van der Waals surface area contributed by atoms with E-state index in [1.165, 1.54) is 45.3 Å². The van der Waals surface area contributed by atoms with Crippen LogP contribution in [0.5, 0.6) is 5.75 Å². The maximum atomic E-state index is 13.6. The van der Waals surface area contributed by atoms with Gasteiger partial charge >= 0.3 is 0 Å². The van der Waals surface area contributed by atoms with E-state index < -0.39 is 0 Å². The molecule has 0 amide bonds. The zero-order valence-corrected chi connectivity index (χ0v) is 12.1. The van der Waals surface area contributed by atoms with Gasteiger partial charge in [0.2, 0.25) is 0 Å². The summed E-state index contributed by atoms with van der Waals surface area (Å²) >= 11 is 0. The SMILES string of the molecule is CCCCCCCCC(N)c1ccc(OC)c(F)c1. The molecule has 0 bridgehead atoms. The highest BCUT2D eigenvalue weighted by atomic mass is 19.1. The van der Waals surface area contributed by atoms with Gasteiger partial charge in [-0.2, -0.15) is 0 Å². The van der Waals surface area contributed by atoms with Crippen molar-refractivity contribution in [3.8, 4) is 5.75 Å². The Hall–Kier alpha value is -1.09. The van der Waals surface area contributed by atoms with Gasteiger partial charge in [-0.25, -0.2) is 4.39 Å². The Labute approximate surface area is 116 Å². The van der Waals surface area contributed by atoms with Crippen LogP contribution in [0.2, 0.25) is 0 Å². The van der Waals surface area contributed by atoms with Gasteiger partial charge in [0, 0.05) is 6.04 Å². The van der Waals surface area contributed by atoms with Gasteiger partial charge in [-0.3, -0.25) is 0 Å². The number of benzene rings is 1. The molecule has 0 saturated heterocycles. The van der Waals surface area contributed by atoms with Gasteiger partial charge in [-0.1, -0.05) is 51.5 Å². The summed E-state index contributed by atoms with van der Waals surface area (Å²) in [7, 11) is 1.47. The fourth-order valence-electron chi connectivity index (χ4n) is 2.22. The van der Waals surface area contributed by atoms with Crippen molar-refractivity contribution in [2.45, 2.75) is 57.9 Å². The fraction of sp³-hybridized carbons (Fsp3) is 0.625. The zero-order valence-electron chi connectivity index (χ0n) is 12.1. The van der Waals surface area contributed by atoms with Crippen LogP contribution in [0.4, 0.5) is 4.39 Å². The summed E-state index contributed by atoms with van der Waals surface area (Å²) < 4.78 is 18.5. The van der Waals surface area contributed by atoms with Gasteiger partial charge in [0.1, 0.15) is 0 Å². The number of hydrogen-bond acceptors (Lipinski definition) is 2. The molecule has 1 rings (SSSR count). The first-order chi connectivity index (χ1) is 9.19. The van der Waals surface area contributed by atoms with E-state index in [-0.39, 0.29) is 17.6 Å². The van der Waals surface area contributed by atoms with E-state index in [0.29, 0.717) is 0 Å². The average Bonchev–Trinajstić information content (AvgIpc) is 2.42. The third-order valence-electron chi connectivity index (χ3n) is 3.47. The van der Waals surface area contributed by atoms with Crippen LogP contribution in [0.15, 0.2) is 18.2 Å². The summed E-state index contributed by atoms with van der Waals surface area (Å²) in [6.45, 7) is 2.22. The second-order valence-corrected chi connectivity index (χ2v) is 5.06. The van der Waals surface area contributed by atoms with E-state index >= 15 is 0 Å². The van der Waals surface area contributed by atoms with Crippen molar-refractivity contribution in [1.29, 1.82) is 0 Å². The van der Waals surface area contributed by atoms with E-state index in [1.807, 2.05) is 6.07 Å². The maximum absolute atomic E-state index is 13.6. The summed E-state index contributed by atoms with van der Waals surface area (Å²) in [4.78, 5) is 0. The van der Waals surface area contributed by atoms with Gasteiger partial charge in [-0.15, -0.1) is 0 Å². The van der Waals surface area contributed by atoms with Crippen molar-refractivity contribution in [2.24, 2.45) is 5.73 Å². The largest absolute Gasteiger partial charge is 0.494 e. The van der Waals surface area contributed by atoms with Crippen molar-refractivity contribution in [2.75, 3.05) is 7.11 Å². The van der Waals surface area contributed by atoms with Crippen molar-refractivity contribution in [1.82, 2.24) is 0 Å². The first kappa shape index (κ1) is 16.0. The number of methoxy groups -OCH3 is 1. The third-order valence-corrected chi connectivity index (χ3v) is 3.47. The van der Waals surface area contributed by atoms with Gasteiger partial charge < -0.3 is 10.5 Å². The molecule has 108 valence electrons. The standard InChI is InChI=1S/C16H26FNO/c1-3-4-5-6-7-8-9-15(18)13-10-11-16(19-2)14(17)12-13/h10-12,15H,3-9,18H2,1-2H3. The first-order valence-electron chi connectivity index (χ1n) is 7.28. The summed E-state index contributed by atoms with van der Waals surface area (Å²) in [6, 6.07) is 4.90. The van der Waals surface area contributed by atoms with Crippen LogP contribution >= 0.6 is 0 Å². The van der Waals surface area contributed by atoms with Crippen LogP contribution in [-0.4, -0.2) is 7.11 Å². The molecule has 1 unspecified atom stereocenters. The Kier molecular flexibility index (Phi) is 7.49. The quantitative estimate of drug-likeness (QED) is 0.664. The smallest absolute Gasteiger partial charge is 0.165 e. The molecule has 0 aliphatic rings. The molecule has 3 heteroatoms. The van der Waals surface area contributed by atoms with Gasteiger partial charge in [0.25, 0.3) is 0 Å². The molecule has 0 spiro atoms. The minimum atomic E-state index is -0.335. The highest BCUT2D eigenvalue weighted by molar-refractivity contribution is 5.30. The predicted molar refractivity (Wildman–Crippen MR) is 77.9 cm³/mol. The predicted octanol–water partition coefficient (Wildman–Crippen LogP) is 4.58. The summed E-state index contributed by atoms with van der Waals surface area (Å²) in [5, 5.41) is 0. The highest BCUT2D eigenvalue weighted by Gasteiger charge is 2.09. The molecule has 0 radical (unpaired) electrons. The van der Waals surface area contributed by atoms with E-state index in [1.54, 1.807) is 6.07 Å². The van der Waals surface area contributed by atoms with Gasteiger partial charge in [0.05, 0.1) is 7.11 Å². The van der Waals surface area contributed by atoms with Crippen LogP contribution in [0.1, 0.15) is 63.5 Å². The van der Waals surface area contributed by atoms with Gasteiger partial charge in [0.15, 0.2) is 11.6 Å².